The highest BCUT2D eigenvalue weighted by Crippen LogP contribution is 2.58. The van der Waals surface area contributed by atoms with E-state index < -0.39 is 81.4 Å². The van der Waals surface area contributed by atoms with Gasteiger partial charge in [0.25, 0.3) is 5.56 Å². The fourth-order valence-electron chi connectivity index (χ4n) is 5.66. The summed E-state index contributed by atoms with van der Waals surface area (Å²) in [6.07, 6.45) is -6.06. The number of thiol groups is 1. The van der Waals surface area contributed by atoms with Crippen LogP contribution in [0.15, 0.2) is 35.6 Å². The smallest absolute Gasteiger partial charge is 0.386 e. The molecule has 4 aromatic heterocycles. The van der Waals surface area contributed by atoms with E-state index in [-0.39, 0.29) is 43.8 Å². The Bertz CT molecular complexity index is 1950. The SMILES string of the molecule is Cc1nc2c(ccn2[C@@H]2O[C@@H]3COP(O)(=S)OC4[C@@H](COP(=O)(S)OC2[C@H]3O)O[C@@H](n2ccc3c(N)ncnc32)[C@H]4O)c(=O)[nH]1.S.S. The van der Waals surface area contributed by atoms with Crippen molar-refractivity contribution in [3.05, 3.63) is 47.0 Å². The normalized spacial score (nSPS) is 36.1. The van der Waals surface area contributed by atoms with Gasteiger partial charge < -0.3 is 49.0 Å². The van der Waals surface area contributed by atoms with E-state index in [9.17, 15) is 24.5 Å². The number of nitrogens with zero attached hydrogens (tertiary/aromatic N) is 5. The minimum absolute atomic E-state index is 0. The predicted molar refractivity (Wildman–Crippen MR) is 182 cm³/mol. The maximum Gasteiger partial charge on any atom is 0.386 e. The second-order valence-electron chi connectivity index (χ2n) is 10.6. The monoisotopic (exact) mass is 771 g/mol. The van der Waals surface area contributed by atoms with E-state index in [1.807, 2.05) is 0 Å². The third-order valence-electron chi connectivity index (χ3n) is 7.72. The molecule has 258 valence electrons. The van der Waals surface area contributed by atoms with Crippen LogP contribution < -0.4 is 11.3 Å². The number of nitrogens with one attached hydrogen (secondary N) is 1. The molecule has 0 spiro atoms. The number of aliphatic hydroxyl groups excluding tert-OH is 2. The molecule has 6 N–H and O–H groups in total. The molecule has 3 fully saturated rings. The van der Waals surface area contributed by atoms with Crippen LogP contribution in [-0.2, 0) is 43.9 Å². The van der Waals surface area contributed by atoms with Crippen molar-refractivity contribution < 1.29 is 47.2 Å². The lowest BCUT2D eigenvalue weighted by Gasteiger charge is -2.27. The van der Waals surface area contributed by atoms with Gasteiger partial charge in [-0.2, -0.15) is 27.0 Å². The Morgan fingerprint density at radius 2 is 1.64 bits per heavy atom. The van der Waals surface area contributed by atoms with Gasteiger partial charge in [0.1, 0.15) is 65.9 Å². The summed E-state index contributed by atoms with van der Waals surface area (Å²) < 4.78 is 51.2. The number of anilines is 1. The lowest BCUT2D eigenvalue weighted by molar-refractivity contribution is -0.0586. The topological polar surface area (TPSA) is 241 Å². The molecule has 4 unspecified atom stereocenters. The van der Waals surface area contributed by atoms with Crippen LogP contribution in [0.25, 0.3) is 22.1 Å². The second kappa shape index (κ2) is 13.6. The molecule has 0 radical (unpaired) electrons. The van der Waals surface area contributed by atoms with Crippen molar-refractivity contribution in [2.24, 2.45) is 0 Å². The summed E-state index contributed by atoms with van der Waals surface area (Å²) in [5.74, 6) is 0.533. The van der Waals surface area contributed by atoms with Gasteiger partial charge in [0, 0.05) is 12.4 Å². The van der Waals surface area contributed by atoms with Gasteiger partial charge in [0.2, 0.25) is 0 Å². The average molecular weight is 772 g/mol. The number of nitrogen functional groups attached to an aromatic ring is 1. The number of ether oxygens (including phenoxy) is 2. The summed E-state index contributed by atoms with van der Waals surface area (Å²) in [6.45, 7) is -7.88. The molecular formula is C23H31N7O11P2S4. The van der Waals surface area contributed by atoms with Crippen LogP contribution in [0.5, 0.6) is 0 Å². The summed E-state index contributed by atoms with van der Waals surface area (Å²) in [5, 5.41) is 23.2. The third kappa shape index (κ3) is 6.80. The lowest BCUT2D eigenvalue weighted by atomic mass is 10.1. The van der Waals surface area contributed by atoms with E-state index in [4.69, 9.17) is 45.1 Å². The number of fused-ring (bicyclic) bond motifs is 5. The number of aryl methyl sites for hydroxylation is 1. The van der Waals surface area contributed by atoms with Crippen LogP contribution in [0.4, 0.5) is 5.82 Å². The molecule has 4 aromatic rings. The quantitative estimate of drug-likeness (QED) is 0.122. The molecule has 18 nitrogen and oxygen atoms in total. The third-order valence-corrected chi connectivity index (χ3v) is 10.9. The predicted octanol–water partition coefficient (Wildman–Crippen LogP) is 0.874. The van der Waals surface area contributed by atoms with Crippen molar-refractivity contribution in [3.63, 3.8) is 0 Å². The Balaban J connectivity index is 0.00000217. The molecule has 3 aliphatic rings. The van der Waals surface area contributed by atoms with E-state index in [0.29, 0.717) is 16.9 Å². The van der Waals surface area contributed by atoms with Crippen LogP contribution in [0.1, 0.15) is 18.3 Å². The van der Waals surface area contributed by atoms with E-state index in [0.717, 1.165) is 0 Å². The number of aromatic amines is 1. The average Bonchev–Trinajstić information content (AvgIpc) is 3.72. The zero-order chi connectivity index (χ0) is 31.8. The number of aliphatic hydroxyl groups is 2. The summed E-state index contributed by atoms with van der Waals surface area (Å²) >= 11 is 9.37. The van der Waals surface area contributed by atoms with Crippen molar-refractivity contribution in [3.8, 4) is 0 Å². The molecule has 0 amide bonds. The molecule has 3 saturated heterocycles. The van der Waals surface area contributed by atoms with E-state index in [2.05, 4.69) is 32.2 Å². The maximum absolute atomic E-state index is 13.6. The maximum atomic E-state index is 13.6. The minimum atomic E-state index is -4.31. The van der Waals surface area contributed by atoms with Gasteiger partial charge in [0.15, 0.2) is 12.5 Å². The number of aromatic nitrogens is 6. The molecule has 24 heteroatoms. The zero-order valence-corrected chi connectivity index (χ0v) is 29.6. The fraction of sp³-hybridized carbons (Fsp3) is 0.478. The van der Waals surface area contributed by atoms with Gasteiger partial charge in [-0.3, -0.25) is 18.4 Å². The molecule has 0 saturated carbocycles. The Kier molecular flexibility index (Phi) is 10.6. The fourth-order valence-corrected chi connectivity index (χ4v) is 8.57. The Hall–Kier alpha value is -1.59. The Labute approximate surface area is 289 Å². The highest BCUT2D eigenvalue weighted by Gasteiger charge is 2.52. The highest BCUT2D eigenvalue weighted by molar-refractivity contribution is 8.44. The molecular weight excluding hydrogens is 741 g/mol. The number of rotatable bonds is 2. The van der Waals surface area contributed by atoms with Gasteiger partial charge in [-0.05, 0) is 30.9 Å². The van der Waals surface area contributed by atoms with Crippen LogP contribution in [-0.4, -0.2) is 94.0 Å². The Morgan fingerprint density at radius 1 is 0.979 bits per heavy atom. The zero-order valence-electron chi connectivity index (χ0n) is 24.1. The van der Waals surface area contributed by atoms with Gasteiger partial charge >= 0.3 is 13.5 Å². The summed E-state index contributed by atoms with van der Waals surface area (Å²) in [6, 6.07) is 3.14. The standard InChI is InChI=1S/C23H27N7O11P2S2.2H2S/c1-9-27-20-11(21(33)28-9)3-5-30(20)23-17-14(31)12(38-23)6-36-42(34,44)40-16-13(7-37-43(35,45)41-17)39-22(15(16)32)29-4-2-10-18(24)25-8-26-19(10)29;;/h2-5,8,12-17,22-23,31-32H,6-7H2,1H3,(H,34,44)(H,35,45)(H2,24,25,26)(H,27,28,33);2*1H2/t12-,13-,14+,15+,16?,17?,22-,23-,42?,43?;;/m1../s1. The molecule has 2 bridgehead atoms. The minimum Gasteiger partial charge on any atom is -0.387 e. The number of hydrogen-bond donors (Lipinski definition) is 6. The molecule has 7 heterocycles. The molecule has 47 heavy (non-hydrogen) atoms. The first-order chi connectivity index (χ1) is 21.3. The number of H-pyrrole nitrogens is 1. The van der Waals surface area contributed by atoms with Crippen LogP contribution in [0, 0.1) is 6.92 Å². The van der Waals surface area contributed by atoms with Gasteiger partial charge in [-0.25, -0.2) is 19.5 Å². The van der Waals surface area contributed by atoms with Crippen molar-refractivity contribution >= 4 is 92.4 Å². The first-order valence-corrected chi connectivity index (χ1v) is 18.7. The molecule has 10 atom stereocenters. The largest absolute Gasteiger partial charge is 0.387 e. The molecule has 0 aromatic carbocycles. The van der Waals surface area contributed by atoms with Crippen LogP contribution >= 0.6 is 52.8 Å². The highest BCUT2D eigenvalue weighted by atomic mass is 32.7. The van der Waals surface area contributed by atoms with E-state index >= 15 is 0 Å². The number of nitrogens with two attached hydrogens (primary N) is 1. The summed E-state index contributed by atoms with van der Waals surface area (Å²) in [7, 11) is 0. The number of hydrogen-bond acceptors (Lipinski definition) is 15. The lowest BCUT2D eigenvalue weighted by Crippen LogP contribution is -2.36. The summed E-state index contributed by atoms with van der Waals surface area (Å²) in [4.78, 5) is 38.7. The van der Waals surface area contributed by atoms with Gasteiger partial charge in [0.05, 0.1) is 24.0 Å². The molecule has 7 rings (SSSR count). The second-order valence-corrected chi connectivity index (χ2v) is 16.3. The van der Waals surface area contributed by atoms with Gasteiger partial charge in [-0.15, -0.1) is 0 Å². The van der Waals surface area contributed by atoms with Crippen molar-refractivity contribution in [1.82, 2.24) is 29.1 Å². The van der Waals surface area contributed by atoms with E-state index in [1.165, 1.54) is 27.7 Å². The molecule has 3 aliphatic heterocycles. The van der Waals surface area contributed by atoms with Gasteiger partial charge in [-0.1, -0.05) is 12.2 Å². The first kappa shape index (κ1) is 36.7. The van der Waals surface area contributed by atoms with Crippen molar-refractivity contribution in [1.29, 1.82) is 0 Å². The molecule has 0 aliphatic carbocycles. The van der Waals surface area contributed by atoms with Crippen molar-refractivity contribution in [2.75, 3.05) is 18.9 Å². The Morgan fingerprint density at radius 3 is 2.38 bits per heavy atom. The summed E-state index contributed by atoms with van der Waals surface area (Å²) in [5.41, 5.74) is 6.11. The first-order valence-electron chi connectivity index (χ1n) is 13.4. The van der Waals surface area contributed by atoms with Crippen LogP contribution in [0.3, 0.4) is 0 Å². The van der Waals surface area contributed by atoms with E-state index in [1.54, 1.807) is 19.2 Å². The van der Waals surface area contributed by atoms with Crippen LogP contribution in [0.2, 0.25) is 0 Å². The van der Waals surface area contributed by atoms with Crippen molar-refractivity contribution in [2.45, 2.75) is 56.0 Å².